The summed E-state index contributed by atoms with van der Waals surface area (Å²) in [6, 6.07) is 5.93. The van der Waals surface area contributed by atoms with Gasteiger partial charge < -0.3 is 19.5 Å². The van der Waals surface area contributed by atoms with Crippen LogP contribution < -0.4 is 4.74 Å². The highest BCUT2D eigenvalue weighted by Gasteiger charge is 2.54. The van der Waals surface area contributed by atoms with Crippen molar-refractivity contribution in [2.75, 3.05) is 20.2 Å². The Balaban J connectivity index is 1.90. The molecule has 3 heterocycles. The van der Waals surface area contributed by atoms with Crippen LogP contribution in [-0.4, -0.2) is 52.8 Å². The molecule has 138 valence electrons. The first kappa shape index (κ1) is 16.9. The van der Waals surface area contributed by atoms with Crippen molar-refractivity contribution in [3.05, 3.63) is 29.5 Å². The van der Waals surface area contributed by atoms with E-state index in [1.54, 1.807) is 16.9 Å². The van der Waals surface area contributed by atoms with Crippen LogP contribution >= 0.6 is 0 Å². The number of fused-ring (bicyclic) bond motifs is 5. The SMILES string of the molecule is CC[C@H](C)N1CC(=O)N2CCc3c([nH]c4ccc(OC)cc34)[C@]2(C)C1=O. The smallest absolute Gasteiger partial charge is 0.255 e. The van der Waals surface area contributed by atoms with Gasteiger partial charge in [0.2, 0.25) is 5.91 Å². The number of aromatic nitrogens is 1. The lowest BCUT2D eigenvalue weighted by Gasteiger charge is -2.50. The molecule has 1 aromatic heterocycles. The summed E-state index contributed by atoms with van der Waals surface area (Å²) in [4.78, 5) is 33.2. The van der Waals surface area contributed by atoms with Crippen LogP contribution in [0.3, 0.4) is 0 Å². The molecular weight excluding hydrogens is 330 g/mol. The van der Waals surface area contributed by atoms with E-state index in [9.17, 15) is 9.59 Å². The summed E-state index contributed by atoms with van der Waals surface area (Å²) in [7, 11) is 1.65. The molecule has 0 spiro atoms. The molecular formula is C20H25N3O3. The zero-order valence-electron chi connectivity index (χ0n) is 15.8. The number of carbonyl (C=O) groups excluding carboxylic acids is 2. The summed E-state index contributed by atoms with van der Waals surface area (Å²) in [5, 5.41) is 1.07. The molecule has 1 fully saturated rings. The van der Waals surface area contributed by atoms with E-state index in [0.29, 0.717) is 6.54 Å². The van der Waals surface area contributed by atoms with Crippen molar-refractivity contribution in [1.29, 1.82) is 0 Å². The lowest BCUT2D eigenvalue weighted by Crippen LogP contribution is -2.68. The average Bonchev–Trinajstić information content (AvgIpc) is 3.03. The molecule has 6 heteroatoms. The molecule has 2 atom stereocenters. The Kier molecular flexibility index (Phi) is 3.75. The molecule has 0 aliphatic carbocycles. The van der Waals surface area contributed by atoms with Gasteiger partial charge in [0.15, 0.2) is 5.54 Å². The Bertz CT molecular complexity index is 903. The summed E-state index contributed by atoms with van der Waals surface area (Å²) >= 11 is 0. The maximum atomic E-state index is 13.5. The van der Waals surface area contributed by atoms with Crippen molar-refractivity contribution < 1.29 is 14.3 Å². The molecule has 2 amide bonds. The summed E-state index contributed by atoms with van der Waals surface area (Å²) in [5.41, 5.74) is 1.96. The van der Waals surface area contributed by atoms with Gasteiger partial charge in [0, 0.05) is 23.5 Å². The van der Waals surface area contributed by atoms with E-state index in [1.165, 1.54) is 0 Å². The number of aromatic amines is 1. The number of nitrogens with one attached hydrogen (secondary N) is 1. The Morgan fingerprint density at radius 3 is 2.81 bits per heavy atom. The molecule has 0 unspecified atom stereocenters. The molecule has 1 aromatic carbocycles. The minimum atomic E-state index is -0.974. The van der Waals surface area contributed by atoms with Gasteiger partial charge in [0.25, 0.3) is 5.91 Å². The number of ether oxygens (including phenoxy) is 1. The van der Waals surface area contributed by atoms with Crippen molar-refractivity contribution in [2.45, 2.75) is 45.2 Å². The van der Waals surface area contributed by atoms with Crippen molar-refractivity contribution in [1.82, 2.24) is 14.8 Å². The third-order valence-electron chi connectivity index (χ3n) is 6.13. The average molecular weight is 355 g/mol. The van der Waals surface area contributed by atoms with E-state index >= 15 is 0 Å². The molecule has 2 aliphatic rings. The fourth-order valence-corrected chi connectivity index (χ4v) is 4.37. The zero-order chi connectivity index (χ0) is 18.6. The van der Waals surface area contributed by atoms with Crippen molar-refractivity contribution in [3.63, 3.8) is 0 Å². The second-order valence-electron chi connectivity index (χ2n) is 7.45. The maximum Gasteiger partial charge on any atom is 0.255 e. The predicted molar refractivity (Wildman–Crippen MR) is 99.1 cm³/mol. The van der Waals surface area contributed by atoms with E-state index < -0.39 is 5.54 Å². The largest absolute Gasteiger partial charge is 0.497 e. The third-order valence-corrected chi connectivity index (χ3v) is 6.13. The number of methoxy groups -OCH3 is 1. The Hall–Kier alpha value is -2.50. The molecule has 6 nitrogen and oxygen atoms in total. The number of hydrogen-bond donors (Lipinski definition) is 1. The van der Waals surface area contributed by atoms with Crippen molar-refractivity contribution in [3.8, 4) is 5.75 Å². The first-order valence-corrected chi connectivity index (χ1v) is 9.22. The third kappa shape index (κ3) is 2.11. The molecule has 0 bridgehead atoms. The van der Waals surface area contributed by atoms with Gasteiger partial charge in [0.1, 0.15) is 12.3 Å². The van der Waals surface area contributed by atoms with Crippen LogP contribution in [-0.2, 0) is 21.5 Å². The molecule has 2 aliphatic heterocycles. The summed E-state index contributed by atoms with van der Waals surface area (Å²) in [5.74, 6) is 0.819. The van der Waals surface area contributed by atoms with Gasteiger partial charge in [-0.2, -0.15) is 0 Å². The second-order valence-corrected chi connectivity index (χ2v) is 7.45. The number of rotatable bonds is 3. The van der Waals surface area contributed by atoms with Gasteiger partial charge in [-0.15, -0.1) is 0 Å². The minimum absolute atomic E-state index is 0.00548. The molecule has 26 heavy (non-hydrogen) atoms. The Morgan fingerprint density at radius 1 is 1.35 bits per heavy atom. The summed E-state index contributed by atoms with van der Waals surface area (Å²) in [6.07, 6.45) is 1.56. The molecule has 1 saturated heterocycles. The first-order valence-electron chi connectivity index (χ1n) is 9.22. The number of amides is 2. The number of carbonyl (C=O) groups is 2. The van der Waals surface area contributed by atoms with E-state index in [-0.39, 0.29) is 24.4 Å². The van der Waals surface area contributed by atoms with Crippen LogP contribution in [0.15, 0.2) is 18.2 Å². The number of H-pyrrole nitrogens is 1. The monoisotopic (exact) mass is 355 g/mol. The van der Waals surface area contributed by atoms with Crippen LogP contribution in [0.1, 0.15) is 38.4 Å². The van der Waals surface area contributed by atoms with Crippen LogP contribution in [0, 0.1) is 0 Å². The van der Waals surface area contributed by atoms with Gasteiger partial charge in [-0.05, 0) is 50.5 Å². The maximum absolute atomic E-state index is 13.5. The van der Waals surface area contributed by atoms with Crippen molar-refractivity contribution in [2.24, 2.45) is 0 Å². The molecule has 0 radical (unpaired) electrons. The molecule has 0 saturated carbocycles. The first-order chi connectivity index (χ1) is 12.4. The number of nitrogens with zero attached hydrogens (tertiary/aromatic N) is 2. The van der Waals surface area contributed by atoms with E-state index in [4.69, 9.17) is 4.74 Å². The van der Waals surface area contributed by atoms with Gasteiger partial charge in [-0.1, -0.05) is 6.92 Å². The number of hydrogen-bond acceptors (Lipinski definition) is 3. The fourth-order valence-electron chi connectivity index (χ4n) is 4.37. The molecule has 4 rings (SSSR count). The lowest BCUT2D eigenvalue weighted by atomic mass is 9.82. The highest BCUT2D eigenvalue weighted by Crippen LogP contribution is 2.43. The highest BCUT2D eigenvalue weighted by atomic mass is 16.5. The van der Waals surface area contributed by atoms with Crippen molar-refractivity contribution >= 4 is 22.7 Å². The standard InChI is InChI=1S/C20H25N3O3/c1-5-12(2)22-11-17(24)23-9-8-14-15-10-13(26-4)6-7-16(15)21-18(14)20(23,3)19(22)25/h6-7,10,12,21H,5,8-9,11H2,1-4H3/t12-,20+/m0/s1. The van der Waals surface area contributed by atoms with E-state index in [1.807, 2.05) is 39.0 Å². The van der Waals surface area contributed by atoms with E-state index in [0.717, 1.165) is 40.8 Å². The van der Waals surface area contributed by atoms with Gasteiger partial charge in [0.05, 0.1) is 12.8 Å². The molecule has 1 N–H and O–H groups in total. The van der Waals surface area contributed by atoms with Gasteiger partial charge in [-0.25, -0.2) is 0 Å². The van der Waals surface area contributed by atoms with E-state index in [2.05, 4.69) is 4.98 Å². The van der Waals surface area contributed by atoms with Gasteiger partial charge in [-0.3, -0.25) is 9.59 Å². The Labute approximate surface area is 153 Å². The topological polar surface area (TPSA) is 65.6 Å². The Morgan fingerprint density at radius 2 is 2.12 bits per heavy atom. The number of benzene rings is 1. The molecule has 2 aromatic rings. The van der Waals surface area contributed by atoms with Crippen LogP contribution in [0.4, 0.5) is 0 Å². The van der Waals surface area contributed by atoms with Crippen LogP contribution in [0.2, 0.25) is 0 Å². The summed E-state index contributed by atoms with van der Waals surface area (Å²) in [6.45, 7) is 6.66. The highest BCUT2D eigenvalue weighted by molar-refractivity contribution is 6.01. The van der Waals surface area contributed by atoms with Crippen LogP contribution in [0.5, 0.6) is 5.75 Å². The zero-order valence-corrected chi connectivity index (χ0v) is 15.8. The second kappa shape index (κ2) is 5.76. The lowest BCUT2D eigenvalue weighted by molar-refractivity contribution is -0.168. The van der Waals surface area contributed by atoms with Gasteiger partial charge >= 0.3 is 0 Å². The summed E-state index contributed by atoms with van der Waals surface area (Å²) < 4.78 is 5.36. The normalized spacial score (nSPS) is 23.8. The minimum Gasteiger partial charge on any atom is -0.497 e. The fraction of sp³-hybridized carbons (Fsp3) is 0.500. The predicted octanol–water partition coefficient (Wildman–Crippen LogP) is 2.42. The quantitative estimate of drug-likeness (QED) is 0.920. The number of piperazine rings is 1. The van der Waals surface area contributed by atoms with Crippen LogP contribution in [0.25, 0.3) is 10.9 Å².